The lowest BCUT2D eigenvalue weighted by atomic mass is 9.99. The van der Waals surface area contributed by atoms with Gasteiger partial charge >= 0.3 is 0 Å². The molecule has 0 saturated carbocycles. The van der Waals surface area contributed by atoms with Gasteiger partial charge in [0.2, 0.25) is 5.95 Å². The van der Waals surface area contributed by atoms with Crippen molar-refractivity contribution in [3.63, 3.8) is 0 Å². The van der Waals surface area contributed by atoms with Gasteiger partial charge in [-0.2, -0.15) is 9.97 Å². The Bertz CT molecular complexity index is 1090. The van der Waals surface area contributed by atoms with Crippen LogP contribution in [0.1, 0.15) is 25.5 Å². The number of rotatable bonds is 6. The second-order valence-electron chi connectivity index (χ2n) is 9.27. The molecule has 2 aliphatic rings. The van der Waals surface area contributed by atoms with Crippen molar-refractivity contribution in [2.24, 2.45) is 5.92 Å². The van der Waals surface area contributed by atoms with E-state index in [4.69, 9.17) is 26.6 Å². The third-order valence-corrected chi connectivity index (χ3v) is 7.01. The summed E-state index contributed by atoms with van der Waals surface area (Å²) in [5.74, 6) is 4.01. The van der Waals surface area contributed by atoms with Gasteiger partial charge in [0.05, 0.1) is 12.8 Å². The minimum absolute atomic E-state index is 0.477. The average Bonchev–Trinajstić information content (AvgIpc) is 3.42. The Morgan fingerprint density at radius 2 is 1.57 bits per heavy atom. The largest absolute Gasteiger partial charge is 0.467 e. The highest BCUT2D eigenvalue weighted by Crippen LogP contribution is 2.27. The van der Waals surface area contributed by atoms with E-state index in [1.807, 2.05) is 12.1 Å². The number of thiocarbonyl (C=S) groups is 1. The van der Waals surface area contributed by atoms with Crippen LogP contribution in [0.25, 0.3) is 0 Å². The molecule has 9 heteroatoms. The third kappa shape index (κ3) is 6.03. The summed E-state index contributed by atoms with van der Waals surface area (Å²) in [6, 6.07) is 16.5. The lowest BCUT2D eigenvalue weighted by molar-refractivity contribution is 0.436. The molecule has 0 bridgehead atoms. The molecule has 0 amide bonds. The van der Waals surface area contributed by atoms with Crippen molar-refractivity contribution in [3.05, 3.63) is 60.6 Å². The molecule has 2 aliphatic heterocycles. The van der Waals surface area contributed by atoms with Crippen LogP contribution >= 0.6 is 12.2 Å². The molecular weight excluding hydrogens is 458 g/mol. The van der Waals surface area contributed by atoms with E-state index in [9.17, 15) is 0 Å². The SMILES string of the molecule is CC1CCN(c2cc(N3CCN(c4ccccc4)CC3)nc(NC(=S)NCc3ccco3)n2)CC1. The van der Waals surface area contributed by atoms with Gasteiger partial charge in [-0.05, 0) is 55.2 Å². The van der Waals surface area contributed by atoms with Crippen molar-refractivity contribution in [1.82, 2.24) is 15.3 Å². The summed E-state index contributed by atoms with van der Waals surface area (Å²) in [5.41, 5.74) is 1.27. The minimum atomic E-state index is 0.477. The molecule has 1 aromatic carbocycles. The quantitative estimate of drug-likeness (QED) is 0.496. The number of anilines is 4. The van der Waals surface area contributed by atoms with E-state index < -0.39 is 0 Å². The van der Waals surface area contributed by atoms with Gasteiger partial charge in [0.15, 0.2) is 5.11 Å². The summed E-state index contributed by atoms with van der Waals surface area (Å²) in [7, 11) is 0. The number of nitrogens with one attached hydrogen (secondary N) is 2. The predicted molar refractivity (Wildman–Crippen MR) is 145 cm³/mol. The molecule has 4 heterocycles. The maximum atomic E-state index is 5.52. The van der Waals surface area contributed by atoms with Crippen LogP contribution in [-0.4, -0.2) is 54.3 Å². The lowest BCUT2D eigenvalue weighted by Gasteiger charge is -2.37. The first-order valence-electron chi connectivity index (χ1n) is 12.4. The Balaban J connectivity index is 1.30. The monoisotopic (exact) mass is 491 g/mol. The fourth-order valence-electron chi connectivity index (χ4n) is 4.60. The van der Waals surface area contributed by atoms with Crippen molar-refractivity contribution < 1.29 is 4.42 Å². The summed E-state index contributed by atoms with van der Waals surface area (Å²) in [5, 5.41) is 6.85. The van der Waals surface area contributed by atoms with Crippen LogP contribution in [0.15, 0.2) is 59.2 Å². The molecule has 0 aliphatic carbocycles. The van der Waals surface area contributed by atoms with E-state index in [1.165, 1.54) is 18.5 Å². The molecule has 35 heavy (non-hydrogen) atoms. The normalized spacial score (nSPS) is 16.9. The fraction of sp³-hybridized carbons (Fsp3) is 0.423. The molecular formula is C26H33N7OS. The standard InChI is InChI=1S/C26H33N7OS/c1-20-9-11-32(12-10-20)23-18-24(33-15-13-31(14-16-33)21-6-3-2-4-7-21)29-25(28-23)30-26(35)27-19-22-8-5-17-34-22/h2-8,17-18,20H,9-16,19H2,1H3,(H2,27,28,29,30,35). The summed E-state index contributed by atoms with van der Waals surface area (Å²) >= 11 is 5.52. The Kier molecular flexibility index (Phi) is 7.32. The highest BCUT2D eigenvalue weighted by atomic mass is 32.1. The van der Waals surface area contributed by atoms with E-state index in [0.717, 1.165) is 62.6 Å². The van der Waals surface area contributed by atoms with Crippen LogP contribution in [0.5, 0.6) is 0 Å². The zero-order valence-corrected chi connectivity index (χ0v) is 21.0. The van der Waals surface area contributed by atoms with Crippen LogP contribution in [0.4, 0.5) is 23.3 Å². The fourth-order valence-corrected chi connectivity index (χ4v) is 4.76. The summed E-state index contributed by atoms with van der Waals surface area (Å²) in [6.07, 6.45) is 4.02. The summed E-state index contributed by atoms with van der Waals surface area (Å²) in [6.45, 7) is 8.58. The molecule has 0 unspecified atom stereocenters. The lowest BCUT2D eigenvalue weighted by Crippen LogP contribution is -2.47. The Morgan fingerprint density at radius 3 is 2.23 bits per heavy atom. The van der Waals surface area contributed by atoms with Gasteiger partial charge in [-0.1, -0.05) is 25.1 Å². The summed E-state index contributed by atoms with van der Waals surface area (Å²) < 4.78 is 5.38. The number of benzene rings is 1. The van der Waals surface area contributed by atoms with E-state index in [0.29, 0.717) is 17.6 Å². The highest BCUT2D eigenvalue weighted by Gasteiger charge is 2.23. The van der Waals surface area contributed by atoms with Crippen molar-refractivity contribution in [3.8, 4) is 0 Å². The first-order valence-corrected chi connectivity index (χ1v) is 12.8. The first-order chi connectivity index (χ1) is 17.1. The van der Waals surface area contributed by atoms with E-state index in [-0.39, 0.29) is 0 Å². The van der Waals surface area contributed by atoms with E-state index in [2.05, 4.69) is 68.7 Å². The molecule has 0 radical (unpaired) electrons. The van der Waals surface area contributed by atoms with Gasteiger partial charge in [-0.25, -0.2) is 0 Å². The molecule has 2 saturated heterocycles. The van der Waals surface area contributed by atoms with Gasteiger partial charge in [0, 0.05) is 51.0 Å². The smallest absolute Gasteiger partial charge is 0.232 e. The molecule has 0 atom stereocenters. The maximum absolute atomic E-state index is 5.52. The van der Waals surface area contributed by atoms with Gasteiger partial charge < -0.3 is 29.8 Å². The highest BCUT2D eigenvalue weighted by molar-refractivity contribution is 7.80. The summed E-state index contributed by atoms with van der Waals surface area (Å²) in [4.78, 5) is 16.8. The second kappa shape index (κ2) is 10.9. The van der Waals surface area contributed by atoms with Crippen molar-refractivity contribution >= 4 is 40.6 Å². The van der Waals surface area contributed by atoms with E-state index in [1.54, 1.807) is 6.26 Å². The third-order valence-electron chi connectivity index (χ3n) is 6.76. The molecule has 0 spiro atoms. The molecule has 5 rings (SSSR count). The topological polar surface area (TPSA) is 72.7 Å². The molecule has 3 aromatic rings. The van der Waals surface area contributed by atoms with Crippen LogP contribution in [0.2, 0.25) is 0 Å². The van der Waals surface area contributed by atoms with Crippen molar-refractivity contribution in [2.45, 2.75) is 26.3 Å². The zero-order valence-electron chi connectivity index (χ0n) is 20.2. The minimum Gasteiger partial charge on any atom is -0.467 e. The van der Waals surface area contributed by atoms with E-state index >= 15 is 0 Å². The number of piperidine rings is 1. The first kappa shape index (κ1) is 23.4. The molecule has 2 N–H and O–H groups in total. The number of hydrogen-bond acceptors (Lipinski definition) is 7. The number of nitrogens with zero attached hydrogens (tertiary/aromatic N) is 5. The Hall–Kier alpha value is -3.33. The molecule has 2 fully saturated rings. The molecule has 2 aromatic heterocycles. The maximum Gasteiger partial charge on any atom is 0.232 e. The van der Waals surface area contributed by atoms with Crippen molar-refractivity contribution in [2.75, 3.05) is 59.3 Å². The van der Waals surface area contributed by atoms with Crippen LogP contribution < -0.4 is 25.3 Å². The molecule has 184 valence electrons. The number of hydrogen-bond donors (Lipinski definition) is 2. The van der Waals surface area contributed by atoms with Gasteiger partial charge in [0.1, 0.15) is 17.4 Å². The van der Waals surface area contributed by atoms with Crippen LogP contribution in [-0.2, 0) is 6.54 Å². The predicted octanol–water partition coefficient (Wildman–Crippen LogP) is 4.12. The number of furan rings is 1. The Labute approximate surface area is 212 Å². The number of para-hydroxylation sites is 1. The zero-order chi connectivity index (χ0) is 24.0. The Morgan fingerprint density at radius 1 is 0.914 bits per heavy atom. The average molecular weight is 492 g/mol. The van der Waals surface area contributed by atoms with Gasteiger partial charge in [-0.15, -0.1) is 0 Å². The number of aromatic nitrogens is 2. The van der Waals surface area contributed by atoms with Gasteiger partial charge in [-0.3, -0.25) is 0 Å². The molecule has 8 nitrogen and oxygen atoms in total. The van der Waals surface area contributed by atoms with Crippen LogP contribution in [0.3, 0.4) is 0 Å². The van der Waals surface area contributed by atoms with Gasteiger partial charge in [0.25, 0.3) is 0 Å². The number of piperazine rings is 1. The van der Waals surface area contributed by atoms with Crippen molar-refractivity contribution in [1.29, 1.82) is 0 Å². The van der Waals surface area contributed by atoms with Crippen LogP contribution in [0, 0.1) is 5.92 Å². The second-order valence-corrected chi connectivity index (χ2v) is 9.68.